The molecular weight excluding hydrogens is 262 g/mol. The third-order valence-electron chi connectivity index (χ3n) is 5.39. The number of carbonyl (C=O) groups excluding carboxylic acids is 1. The third-order valence-corrected chi connectivity index (χ3v) is 5.39. The molecule has 2 atom stereocenters. The van der Waals surface area contributed by atoms with Crippen LogP contribution in [0.5, 0.6) is 0 Å². The second-order valence-corrected chi connectivity index (χ2v) is 6.90. The zero-order valence-electron chi connectivity index (χ0n) is 13.7. The van der Waals surface area contributed by atoms with E-state index < -0.39 is 0 Å². The summed E-state index contributed by atoms with van der Waals surface area (Å²) in [5.41, 5.74) is 5.62. The summed E-state index contributed by atoms with van der Waals surface area (Å²) in [6, 6.07) is 0.141. The number of hydrogen-bond donors (Lipinski definition) is 2. The maximum Gasteiger partial charge on any atom is 0.315 e. The Balaban J connectivity index is 1.99. The van der Waals surface area contributed by atoms with Crippen LogP contribution in [0.1, 0.15) is 64.7 Å². The van der Waals surface area contributed by atoms with Crippen molar-refractivity contribution in [2.75, 3.05) is 19.6 Å². The molecule has 0 spiro atoms. The fraction of sp³-hybridized carbons (Fsp3) is 0.941. The molecule has 0 aromatic heterocycles. The molecule has 1 aliphatic carbocycles. The van der Waals surface area contributed by atoms with Crippen molar-refractivity contribution in [3.63, 3.8) is 0 Å². The minimum absolute atomic E-state index is 0.218. The number of carbonyl (C=O) groups is 1. The number of nitrogens with one attached hydrogen (secondary N) is 1. The Labute approximate surface area is 129 Å². The highest BCUT2D eigenvalue weighted by atomic mass is 16.2. The van der Waals surface area contributed by atoms with Crippen LogP contribution < -0.4 is 11.1 Å². The Bertz CT molecular complexity index is 315. The lowest BCUT2D eigenvalue weighted by atomic mass is 9.78. The summed E-state index contributed by atoms with van der Waals surface area (Å²) in [7, 11) is 0. The standard InChI is InChI=1S/C17H33N3O/c1-2-19-13-15(12-14-8-4-3-5-9-14)16-10-6-7-11-20(16)17(18)21/h14-16,19H,2-13H2,1H3,(H2,18,21). The highest BCUT2D eigenvalue weighted by Gasteiger charge is 2.33. The van der Waals surface area contributed by atoms with E-state index in [4.69, 9.17) is 5.73 Å². The van der Waals surface area contributed by atoms with Gasteiger partial charge in [0.25, 0.3) is 0 Å². The van der Waals surface area contributed by atoms with E-state index in [2.05, 4.69) is 12.2 Å². The SMILES string of the molecule is CCNCC(CC1CCCCC1)C1CCCCN1C(N)=O. The molecule has 0 radical (unpaired) electrons. The van der Waals surface area contributed by atoms with E-state index >= 15 is 0 Å². The van der Waals surface area contributed by atoms with Gasteiger partial charge in [0.2, 0.25) is 0 Å². The van der Waals surface area contributed by atoms with Crippen LogP contribution in [0.2, 0.25) is 0 Å². The Morgan fingerprint density at radius 2 is 1.90 bits per heavy atom. The van der Waals surface area contributed by atoms with Crippen LogP contribution in [0.25, 0.3) is 0 Å². The van der Waals surface area contributed by atoms with Crippen molar-refractivity contribution in [2.45, 2.75) is 70.8 Å². The molecule has 4 heteroatoms. The lowest BCUT2D eigenvalue weighted by Gasteiger charge is -2.41. The summed E-state index contributed by atoms with van der Waals surface area (Å²) in [6.07, 6.45) is 11.7. The summed E-state index contributed by atoms with van der Waals surface area (Å²) in [5.74, 6) is 1.43. The highest BCUT2D eigenvalue weighted by Crippen LogP contribution is 2.33. The smallest absolute Gasteiger partial charge is 0.315 e. The number of nitrogens with zero attached hydrogens (tertiary/aromatic N) is 1. The van der Waals surface area contributed by atoms with Gasteiger partial charge in [-0.2, -0.15) is 0 Å². The number of rotatable bonds is 6. The van der Waals surface area contributed by atoms with Gasteiger partial charge in [-0.3, -0.25) is 0 Å². The third kappa shape index (κ3) is 4.87. The van der Waals surface area contributed by atoms with Crippen molar-refractivity contribution < 1.29 is 4.79 Å². The van der Waals surface area contributed by atoms with Crippen molar-refractivity contribution in [1.29, 1.82) is 0 Å². The van der Waals surface area contributed by atoms with E-state index in [1.807, 2.05) is 4.90 Å². The first-order chi connectivity index (χ1) is 10.2. The lowest BCUT2D eigenvalue weighted by Crippen LogP contribution is -2.52. The number of hydrogen-bond acceptors (Lipinski definition) is 2. The Morgan fingerprint density at radius 3 is 2.57 bits per heavy atom. The van der Waals surface area contributed by atoms with Gasteiger partial charge in [-0.25, -0.2) is 4.79 Å². The number of likely N-dealkylation sites (tertiary alicyclic amines) is 1. The van der Waals surface area contributed by atoms with Crippen LogP contribution in [-0.2, 0) is 0 Å². The van der Waals surface area contributed by atoms with E-state index in [9.17, 15) is 4.79 Å². The van der Waals surface area contributed by atoms with Crippen LogP contribution in [0.4, 0.5) is 4.79 Å². The maximum atomic E-state index is 11.8. The maximum absolute atomic E-state index is 11.8. The van der Waals surface area contributed by atoms with Crippen molar-refractivity contribution in [3.8, 4) is 0 Å². The summed E-state index contributed by atoms with van der Waals surface area (Å²) in [5, 5.41) is 3.52. The molecule has 0 aromatic rings. The van der Waals surface area contributed by atoms with Gasteiger partial charge >= 0.3 is 6.03 Å². The second-order valence-electron chi connectivity index (χ2n) is 6.90. The van der Waals surface area contributed by atoms with E-state index in [0.29, 0.717) is 12.0 Å². The van der Waals surface area contributed by atoms with Crippen LogP contribution in [-0.4, -0.2) is 36.6 Å². The van der Waals surface area contributed by atoms with E-state index in [1.54, 1.807) is 0 Å². The first-order valence-electron chi connectivity index (χ1n) is 8.99. The average Bonchev–Trinajstić information content (AvgIpc) is 2.52. The summed E-state index contributed by atoms with van der Waals surface area (Å²) in [4.78, 5) is 13.7. The van der Waals surface area contributed by atoms with Gasteiger partial charge in [-0.15, -0.1) is 0 Å². The Morgan fingerprint density at radius 1 is 1.19 bits per heavy atom. The largest absolute Gasteiger partial charge is 0.351 e. The molecule has 1 heterocycles. The van der Waals surface area contributed by atoms with E-state index in [-0.39, 0.29) is 6.03 Å². The molecule has 1 saturated carbocycles. The molecule has 3 N–H and O–H groups in total. The van der Waals surface area contributed by atoms with Crippen molar-refractivity contribution >= 4 is 6.03 Å². The molecule has 2 aliphatic rings. The molecule has 2 unspecified atom stereocenters. The molecule has 2 rings (SSSR count). The number of primary amides is 1. The first-order valence-corrected chi connectivity index (χ1v) is 8.99. The van der Waals surface area contributed by atoms with Gasteiger partial charge in [0.05, 0.1) is 0 Å². The van der Waals surface area contributed by atoms with Crippen molar-refractivity contribution in [2.24, 2.45) is 17.6 Å². The normalized spacial score (nSPS) is 25.8. The fourth-order valence-corrected chi connectivity index (χ4v) is 4.28. The van der Waals surface area contributed by atoms with Crippen LogP contribution in [0.15, 0.2) is 0 Å². The Hall–Kier alpha value is -0.770. The number of piperidine rings is 1. The molecule has 0 aromatic carbocycles. The van der Waals surface area contributed by atoms with Gasteiger partial charge < -0.3 is 16.0 Å². The fourth-order valence-electron chi connectivity index (χ4n) is 4.28. The second kappa shape index (κ2) is 8.62. The van der Waals surface area contributed by atoms with Crippen molar-refractivity contribution in [1.82, 2.24) is 10.2 Å². The minimum Gasteiger partial charge on any atom is -0.351 e. The van der Waals surface area contributed by atoms with Gasteiger partial charge in [-0.05, 0) is 50.6 Å². The lowest BCUT2D eigenvalue weighted by molar-refractivity contribution is 0.107. The first kappa shape index (κ1) is 16.6. The van der Waals surface area contributed by atoms with Gasteiger partial charge in [0.1, 0.15) is 0 Å². The summed E-state index contributed by atoms with van der Waals surface area (Å²) < 4.78 is 0. The topological polar surface area (TPSA) is 58.4 Å². The van der Waals surface area contributed by atoms with E-state index in [1.165, 1.54) is 44.9 Å². The molecule has 1 saturated heterocycles. The zero-order chi connectivity index (χ0) is 15.1. The molecule has 2 amide bonds. The van der Waals surface area contributed by atoms with Gasteiger partial charge in [-0.1, -0.05) is 39.0 Å². The quantitative estimate of drug-likeness (QED) is 0.791. The average molecular weight is 295 g/mol. The minimum atomic E-state index is -0.218. The van der Waals surface area contributed by atoms with Crippen LogP contribution in [0, 0.1) is 11.8 Å². The van der Waals surface area contributed by atoms with Gasteiger partial charge in [0.15, 0.2) is 0 Å². The molecule has 122 valence electrons. The molecule has 21 heavy (non-hydrogen) atoms. The Kier molecular flexibility index (Phi) is 6.81. The molecule has 1 aliphatic heterocycles. The van der Waals surface area contributed by atoms with Crippen molar-refractivity contribution in [3.05, 3.63) is 0 Å². The monoisotopic (exact) mass is 295 g/mol. The number of urea groups is 1. The highest BCUT2D eigenvalue weighted by molar-refractivity contribution is 5.72. The number of amides is 2. The summed E-state index contributed by atoms with van der Waals surface area (Å²) in [6.45, 7) is 5.05. The van der Waals surface area contributed by atoms with E-state index in [0.717, 1.165) is 38.4 Å². The molecule has 0 bridgehead atoms. The molecular formula is C17H33N3O. The predicted molar refractivity (Wildman–Crippen MR) is 87.2 cm³/mol. The predicted octanol–water partition coefficient (Wildman–Crippen LogP) is 3.12. The van der Waals surface area contributed by atoms with Crippen LogP contribution >= 0.6 is 0 Å². The van der Waals surface area contributed by atoms with Crippen LogP contribution in [0.3, 0.4) is 0 Å². The number of nitrogens with two attached hydrogens (primary N) is 1. The summed E-state index contributed by atoms with van der Waals surface area (Å²) >= 11 is 0. The van der Waals surface area contributed by atoms with Gasteiger partial charge in [0, 0.05) is 12.6 Å². The molecule has 2 fully saturated rings. The molecule has 4 nitrogen and oxygen atoms in total. The zero-order valence-corrected chi connectivity index (χ0v) is 13.7.